The monoisotopic (exact) mass is 418 g/mol. The molecule has 0 aliphatic heterocycles. The summed E-state index contributed by atoms with van der Waals surface area (Å²) in [5, 5.41) is -0.945. The van der Waals surface area contributed by atoms with Crippen molar-refractivity contribution in [3.63, 3.8) is 0 Å². The van der Waals surface area contributed by atoms with E-state index in [1.807, 2.05) is 0 Å². The van der Waals surface area contributed by atoms with Gasteiger partial charge in [-0.05, 0) is 0 Å². The number of thiol groups is 2. The normalized spacial score (nSPS) is 14.5. The summed E-state index contributed by atoms with van der Waals surface area (Å²) in [5.41, 5.74) is 0. The summed E-state index contributed by atoms with van der Waals surface area (Å²) in [4.78, 5) is 21.7. The summed E-state index contributed by atoms with van der Waals surface area (Å²) in [6.07, 6.45) is 0. The van der Waals surface area contributed by atoms with Crippen LogP contribution in [-0.2, 0) is 15.0 Å². The molecule has 0 bridgehead atoms. The van der Waals surface area contributed by atoms with Crippen LogP contribution in [0.4, 0.5) is 0 Å². The van der Waals surface area contributed by atoms with Gasteiger partial charge in [0.15, 0.2) is 0 Å². The van der Waals surface area contributed by atoms with Gasteiger partial charge < -0.3 is 0 Å². The minimum atomic E-state index is -2.04. The van der Waals surface area contributed by atoms with E-state index in [0.717, 1.165) is 0 Å². The van der Waals surface area contributed by atoms with Gasteiger partial charge >= 0.3 is 102 Å². The molecule has 0 aromatic heterocycles. The maximum absolute atomic E-state index is 10.8. The van der Waals surface area contributed by atoms with Crippen LogP contribution in [0.15, 0.2) is 0 Å². The third-order valence-electron chi connectivity index (χ3n) is 0.967. The van der Waals surface area contributed by atoms with Crippen LogP contribution < -0.4 is 0 Å². The molecule has 0 aliphatic carbocycles. The van der Waals surface area contributed by atoms with Crippen molar-refractivity contribution in [3.8, 4) is 0 Å². The van der Waals surface area contributed by atoms with Gasteiger partial charge in [-0.3, -0.25) is 0 Å². The summed E-state index contributed by atoms with van der Waals surface area (Å²) in [7, 11) is 0. The van der Waals surface area contributed by atoms with Crippen molar-refractivity contribution in [2.75, 3.05) is 0 Å². The summed E-state index contributed by atoms with van der Waals surface area (Å²) in [6, 6.07) is 0. The molecule has 74 valence electrons. The van der Waals surface area contributed by atoms with Crippen LogP contribution in [0.25, 0.3) is 0 Å². The first-order chi connectivity index (χ1) is 5.95. The number of rotatable bonds is 4. The summed E-state index contributed by atoms with van der Waals surface area (Å²) in [5.74, 6) is -0.877. The summed E-state index contributed by atoms with van der Waals surface area (Å²) >= 11 is 5.68. The quantitative estimate of drug-likeness (QED) is 0.509. The maximum atomic E-state index is 10.8. The van der Waals surface area contributed by atoms with E-state index in [2.05, 4.69) is 25.3 Å². The van der Waals surface area contributed by atoms with Crippen LogP contribution in [0, 0.1) is 0 Å². The van der Waals surface area contributed by atoms with E-state index in [0.29, 0.717) is 0 Å². The van der Waals surface area contributed by atoms with Crippen LogP contribution >= 0.6 is 25.3 Å². The van der Waals surface area contributed by atoms with E-state index < -0.39 is 47.6 Å². The van der Waals surface area contributed by atoms with Crippen molar-refractivity contribution in [1.29, 1.82) is 0 Å². The van der Waals surface area contributed by atoms with Gasteiger partial charge in [0, 0.05) is 0 Å². The molecule has 0 aromatic carbocycles. The zero-order chi connectivity index (χ0) is 10.4. The number of hydrogen-bond acceptors (Lipinski definition) is 6. The molecule has 0 heterocycles. The Morgan fingerprint density at radius 3 is 1.62 bits per heavy atom. The predicted octanol–water partition coefficient (Wildman–Crippen LogP) is 0.244. The molecular formula is C6H10O4PbS2. The van der Waals surface area contributed by atoms with Gasteiger partial charge in [-0.1, -0.05) is 0 Å². The standard InChI is InChI=1S/2C3H6O2S.Pb/c2*1-2(6)3(4)5;/h2*2,6H,1H3,(H,4,5);/q;;+2/p-2. The fourth-order valence-electron chi connectivity index (χ4n) is 0.274. The van der Waals surface area contributed by atoms with Crippen molar-refractivity contribution >= 4 is 62.3 Å². The van der Waals surface area contributed by atoms with Gasteiger partial charge in [-0.15, -0.1) is 0 Å². The molecule has 0 rings (SSSR count). The van der Waals surface area contributed by atoms with Crippen LogP contribution in [-0.4, -0.2) is 47.6 Å². The molecule has 0 fully saturated rings. The molecule has 2 radical (unpaired) electrons. The number of carbonyl (C=O) groups is 2. The average molecular weight is 417 g/mol. The van der Waals surface area contributed by atoms with E-state index in [4.69, 9.17) is 5.37 Å². The average Bonchev–Trinajstić information content (AvgIpc) is 2.03. The van der Waals surface area contributed by atoms with Gasteiger partial charge in [0.05, 0.1) is 0 Å². The Morgan fingerprint density at radius 1 is 1.08 bits per heavy atom. The Hall–Kier alpha value is 0.562. The molecule has 7 heteroatoms. The molecular weight excluding hydrogens is 407 g/mol. The van der Waals surface area contributed by atoms with Crippen LogP contribution in [0.3, 0.4) is 0 Å². The Labute approximate surface area is 101 Å². The van der Waals surface area contributed by atoms with Crippen molar-refractivity contribution in [1.82, 2.24) is 0 Å². The molecule has 0 spiro atoms. The Morgan fingerprint density at radius 2 is 1.38 bits per heavy atom. The first kappa shape index (κ1) is 13.6. The minimum absolute atomic E-state index is 0.439. The molecule has 4 nitrogen and oxygen atoms in total. The third kappa shape index (κ3) is 6.61. The van der Waals surface area contributed by atoms with Gasteiger partial charge in [0.1, 0.15) is 0 Å². The topological polar surface area (TPSA) is 52.6 Å². The van der Waals surface area contributed by atoms with Crippen LogP contribution in [0.5, 0.6) is 0 Å². The molecule has 0 N–H and O–H groups in total. The zero-order valence-corrected chi connectivity index (χ0v) is 12.9. The van der Waals surface area contributed by atoms with Crippen molar-refractivity contribution in [2.45, 2.75) is 24.3 Å². The van der Waals surface area contributed by atoms with Crippen molar-refractivity contribution in [2.24, 2.45) is 0 Å². The van der Waals surface area contributed by atoms with E-state index in [1.54, 1.807) is 13.8 Å². The van der Waals surface area contributed by atoms with Gasteiger partial charge in [0.2, 0.25) is 0 Å². The molecule has 13 heavy (non-hydrogen) atoms. The van der Waals surface area contributed by atoms with Crippen molar-refractivity contribution < 1.29 is 15.0 Å². The Kier molecular flexibility index (Phi) is 7.23. The molecule has 2 unspecified atom stereocenters. The SMILES string of the molecule is CC(S)C(=O)[O][Pb][O]C(=O)C(C)S. The van der Waals surface area contributed by atoms with E-state index in [-0.39, 0.29) is 0 Å². The van der Waals surface area contributed by atoms with E-state index in [1.165, 1.54) is 0 Å². The van der Waals surface area contributed by atoms with Crippen LogP contribution in [0.2, 0.25) is 0 Å². The second-order valence-electron chi connectivity index (χ2n) is 2.28. The zero-order valence-electron chi connectivity index (χ0n) is 7.18. The van der Waals surface area contributed by atoms with Crippen LogP contribution in [0.1, 0.15) is 13.8 Å². The summed E-state index contributed by atoms with van der Waals surface area (Å²) in [6.45, 7) is 3.19. The van der Waals surface area contributed by atoms with Gasteiger partial charge in [-0.25, -0.2) is 0 Å². The van der Waals surface area contributed by atoms with Gasteiger partial charge in [0.25, 0.3) is 0 Å². The molecule has 2 atom stereocenters. The Balaban J connectivity index is 3.57. The molecule has 0 aromatic rings. The second kappa shape index (κ2) is 6.93. The van der Waals surface area contributed by atoms with E-state index >= 15 is 0 Å². The first-order valence-corrected chi connectivity index (χ1v) is 7.68. The summed E-state index contributed by atoms with van der Waals surface area (Å²) < 4.78 is 9.45. The fourth-order valence-corrected chi connectivity index (χ4v) is 3.33. The Bertz CT molecular complexity index is 175. The van der Waals surface area contributed by atoms with Gasteiger partial charge in [-0.2, -0.15) is 0 Å². The predicted molar refractivity (Wildman–Crippen MR) is 54.8 cm³/mol. The molecule has 0 saturated heterocycles. The number of carbonyl (C=O) groups excluding carboxylic acids is 2. The van der Waals surface area contributed by atoms with E-state index in [9.17, 15) is 9.59 Å². The molecule has 0 amide bonds. The third-order valence-corrected chi connectivity index (χ3v) is 3.60. The molecule has 0 aliphatic rings. The van der Waals surface area contributed by atoms with Crippen molar-refractivity contribution in [3.05, 3.63) is 0 Å². The second-order valence-corrected chi connectivity index (χ2v) is 6.06. The molecule has 0 saturated carbocycles. The first-order valence-electron chi connectivity index (χ1n) is 3.47. The fraction of sp³-hybridized carbons (Fsp3) is 0.667. The number of hydrogen-bond donors (Lipinski definition) is 2.